The highest BCUT2D eigenvalue weighted by atomic mass is 32.2. The zero-order chi connectivity index (χ0) is 26.2. The molecule has 1 saturated heterocycles. The lowest BCUT2D eigenvalue weighted by Crippen LogP contribution is -2.45. The van der Waals surface area contributed by atoms with Crippen molar-refractivity contribution in [3.63, 3.8) is 0 Å². The molecule has 1 fully saturated rings. The number of nitrogens with zero attached hydrogens (tertiary/aromatic N) is 3. The smallest absolute Gasteiger partial charge is 0.435 e. The van der Waals surface area contributed by atoms with Crippen molar-refractivity contribution in [2.45, 2.75) is 36.7 Å². The van der Waals surface area contributed by atoms with Gasteiger partial charge in [-0.1, -0.05) is 36.4 Å². The van der Waals surface area contributed by atoms with Gasteiger partial charge in [0.25, 0.3) is 10.0 Å². The number of nitrogens with one attached hydrogen (secondary N) is 1. The van der Waals surface area contributed by atoms with Gasteiger partial charge in [0.2, 0.25) is 11.0 Å². The number of fused-ring (bicyclic) bond motifs is 1. The average Bonchev–Trinajstić information content (AvgIpc) is 3.55. The van der Waals surface area contributed by atoms with E-state index in [0.29, 0.717) is 34.9 Å². The summed E-state index contributed by atoms with van der Waals surface area (Å²) in [6, 6.07) is 16.4. The quantitative estimate of drug-likeness (QED) is 0.397. The SMILES string of the molecule is O=C(NCc1cccc(-c2ccc(C(F)(F)F)nn2)c1)C1CCCN1S(=O)(=O)c1cc2ccccc2o1. The number of furan rings is 1. The largest absolute Gasteiger partial charge is 0.443 e. The van der Waals surface area contributed by atoms with E-state index in [0.717, 1.165) is 10.4 Å². The van der Waals surface area contributed by atoms with Gasteiger partial charge in [-0.15, -0.1) is 10.2 Å². The van der Waals surface area contributed by atoms with Crippen molar-refractivity contribution >= 4 is 26.9 Å². The molecule has 3 heterocycles. The van der Waals surface area contributed by atoms with Crippen LogP contribution in [0.15, 0.2) is 76.2 Å². The Kier molecular flexibility index (Phi) is 6.46. The third-order valence-electron chi connectivity index (χ3n) is 6.12. The molecule has 4 aromatic rings. The highest BCUT2D eigenvalue weighted by Crippen LogP contribution is 2.31. The van der Waals surface area contributed by atoms with Crippen LogP contribution in [0.25, 0.3) is 22.2 Å². The Hall–Kier alpha value is -3.77. The van der Waals surface area contributed by atoms with Crippen LogP contribution in [0.1, 0.15) is 24.1 Å². The van der Waals surface area contributed by atoms with Crippen LogP contribution < -0.4 is 5.32 Å². The molecular formula is C25H21F3N4O4S. The predicted octanol–water partition coefficient (Wildman–Crippen LogP) is 4.38. The van der Waals surface area contributed by atoms with Gasteiger partial charge in [0.15, 0.2) is 5.69 Å². The number of alkyl halides is 3. The number of sulfonamides is 1. The molecule has 1 atom stereocenters. The first-order chi connectivity index (χ1) is 17.6. The summed E-state index contributed by atoms with van der Waals surface area (Å²) in [6.45, 7) is 0.287. The molecule has 1 amide bonds. The predicted molar refractivity (Wildman–Crippen MR) is 127 cm³/mol. The Morgan fingerprint density at radius 3 is 2.59 bits per heavy atom. The van der Waals surface area contributed by atoms with E-state index in [1.807, 2.05) is 0 Å². The number of hydrogen-bond acceptors (Lipinski definition) is 6. The summed E-state index contributed by atoms with van der Waals surface area (Å²) in [4.78, 5) is 13.0. The molecule has 1 aliphatic rings. The van der Waals surface area contributed by atoms with E-state index in [-0.39, 0.29) is 23.9 Å². The van der Waals surface area contributed by atoms with Crippen LogP contribution in [-0.4, -0.2) is 41.4 Å². The molecule has 0 bridgehead atoms. The minimum Gasteiger partial charge on any atom is -0.443 e. The van der Waals surface area contributed by atoms with E-state index < -0.39 is 33.8 Å². The van der Waals surface area contributed by atoms with Crippen LogP contribution in [0.2, 0.25) is 0 Å². The first kappa shape index (κ1) is 24.9. The molecule has 1 N–H and O–H groups in total. The number of amides is 1. The molecule has 1 aliphatic heterocycles. The molecule has 0 spiro atoms. The first-order valence-electron chi connectivity index (χ1n) is 11.4. The fourth-order valence-electron chi connectivity index (χ4n) is 4.28. The third kappa shape index (κ3) is 5.07. The first-order valence-corrected chi connectivity index (χ1v) is 12.9. The van der Waals surface area contributed by atoms with E-state index in [4.69, 9.17) is 4.42 Å². The lowest BCUT2D eigenvalue weighted by atomic mass is 10.1. The van der Waals surface area contributed by atoms with E-state index in [9.17, 15) is 26.4 Å². The van der Waals surface area contributed by atoms with Gasteiger partial charge >= 0.3 is 6.18 Å². The van der Waals surface area contributed by atoms with Crippen molar-refractivity contribution in [2.75, 3.05) is 6.54 Å². The van der Waals surface area contributed by atoms with Gasteiger partial charge in [0.05, 0.1) is 5.69 Å². The van der Waals surface area contributed by atoms with Crippen molar-refractivity contribution in [3.05, 3.63) is 78.0 Å². The number of benzene rings is 2. The molecule has 2 aromatic carbocycles. The summed E-state index contributed by atoms with van der Waals surface area (Å²) >= 11 is 0. The maximum atomic E-state index is 13.2. The number of aromatic nitrogens is 2. The molecular weight excluding hydrogens is 509 g/mol. The van der Waals surface area contributed by atoms with E-state index >= 15 is 0 Å². The van der Waals surface area contributed by atoms with Crippen LogP contribution in [0.4, 0.5) is 13.2 Å². The minimum atomic E-state index is -4.58. The number of hydrogen-bond donors (Lipinski definition) is 1. The second-order valence-electron chi connectivity index (χ2n) is 8.60. The number of carbonyl (C=O) groups is 1. The maximum absolute atomic E-state index is 13.2. The summed E-state index contributed by atoms with van der Waals surface area (Å²) in [5, 5.41) is 10.1. The second-order valence-corrected chi connectivity index (χ2v) is 10.4. The number of halogens is 3. The van der Waals surface area contributed by atoms with E-state index in [1.165, 1.54) is 12.1 Å². The van der Waals surface area contributed by atoms with Crippen LogP contribution in [0.5, 0.6) is 0 Å². The molecule has 2 aromatic heterocycles. The van der Waals surface area contributed by atoms with Crippen molar-refractivity contribution in [2.24, 2.45) is 0 Å². The fraction of sp³-hybridized carbons (Fsp3) is 0.240. The summed E-state index contributed by atoms with van der Waals surface area (Å²) < 4.78 is 71.5. The summed E-state index contributed by atoms with van der Waals surface area (Å²) in [5.41, 5.74) is 0.803. The lowest BCUT2D eigenvalue weighted by Gasteiger charge is -2.22. The molecule has 5 rings (SSSR count). The monoisotopic (exact) mass is 530 g/mol. The third-order valence-corrected chi connectivity index (χ3v) is 7.88. The summed E-state index contributed by atoms with van der Waals surface area (Å²) in [6.07, 6.45) is -3.68. The minimum absolute atomic E-state index is 0.0930. The highest BCUT2D eigenvalue weighted by molar-refractivity contribution is 7.89. The van der Waals surface area contributed by atoms with Gasteiger partial charge in [-0.2, -0.15) is 17.5 Å². The topological polar surface area (TPSA) is 105 Å². The molecule has 12 heteroatoms. The molecule has 0 radical (unpaired) electrons. The van der Waals surface area contributed by atoms with Crippen LogP contribution in [0.3, 0.4) is 0 Å². The van der Waals surface area contributed by atoms with E-state index in [1.54, 1.807) is 48.5 Å². The van der Waals surface area contributed by atoms with Gasteiger partial charge in [0, 0.05) is 30.1 Å². The van der Waals surface area contributed by atoms with Gasteiger partial charge in [-0.05, 0) is 42.7 Å². The molecule has 37 heavy (non-hydrogen) atoms. The van der Waals surface area contributed by atoms with Crippen molar-refractivity contribution in [1.29, 1.82) is 0 Å². The van der Waals surface area contributed by atoms with Gasteiger partial charge < -0.3 is 9.73 Å². The Morgan fingerprint density at radius 1 is 1.05 bits per heavy atom. The highest BCUT2D eigenvalue weighted by Gasteiger charge is 2.41. The van der Waals surface area contributed by atoms with Crippen LogP contribution in [-0.2, 0) is 27.5 Å². The Bertz CT molecular complexity index is 1520. The van der Waals surface area contributed by atoms with Gasteiger partial charge in [0.1, 0.15) is 11.6 Å². The molecule has 0 saturated carbocycles. The number of carbonyl (C=O) groups excluding carboxylic acids is 1. The lowest BCUT2D eigenvalue weighted by molar-refractivity contribution is -0.141. The van der Waals surface area contributed by atoms with E-state index in [2.05, 4.69) is 15.5 Å². The number of para-hydroxylation sites is 1. The zero-order valence-corrected chi connectivity index (χ0v) is 20.1. The summed E-state index contributed by atoms with van der Waals surface area (Å²) in [5.74, 6) is -0.447. The van der Waals surface area contributed by atoms with Crippen molar-refractivity contribution in [3.8, 4) is 11.3 Å². The Labute approximate surface area is 210 Å². The zero-order valence-electron chi connectivity index (χ0n) is 19.3. The molecule has 0 aliphatic carbocycles. The van der Waals surface area contributed by atoms with Gasteiger partial charge in [-0.25, -0.2) is 8.42 Å². The standard InChI is InChI=1S/C25H21F3N4O4S/c26-25(27,28)22-11-10-19(30-31-22)17-7-3-5-16(13-17)15-29-24(33)20-8-4-12-32(20)37(34,35)23-14-18-6-1-2-9-21(18)36-23/h1-3,5-7,9-11,13-14,20H,4,8,12,15H2,(H,29,33). The van der Waals surface area contributed by atoms with Gasteiger partial charge in [-0.3, -0.25) is 4.79 Å². The number of rotatable bonds is 6. The molecule has 192 valence electrons. The van der Waals surface area contributed by atoms with Crippen molar-refractivity contribution < 1.29 is 30.8 Å². The second kappa shape index (κ2) is 9.60. The normalized spacial score (nSPS) is 16.8. The van der Waals surface area contributed by atoms with Crippen LogP contribution in [0, 0.1) is 0 Å². The fourth-order valence-corrected chi connectivity index (χ4v) is 5.88. The molecule has 1 unspecified atom stereocenters. The average molecular weight is 531 g/mol. The van der Waals surface area contributed by atoms with Crippen molar-refractivity contribution in [1.82, 2.24) is 19.8 Å². The van der Waals surface area contributed by atoms with Crippen LogP contribution >= 0.6 is 0 Å². The Balaban J connectivity index is 1.28. The summed E-state index contributed by atoms with van der Waals surface area (Å²) in [7, 11) is -4.02. The maximum Gasteiger partial charge on any atom is 0.435 e. The Morgan fingerprint density at radius 2 is 1.86 bits per heavy atom. The molecule has 8 nitrogen and oxygen atoms in total.